The van der Waals surface area contributed by atoms with Gasteiger partial charge in [-0.05, 0) is 67.7 Å². The van der Waals surface area contributed by atoms with E-state index in [0.717, 1.165) is 11.1 Å². The molecule has 0 spiro atoms. The van der Waals surface area contributed by atoms with Gasteiger partial charge in [0.1, 0.15) is 6.10 Å². The topological polar surface area (TPSA) is 162 Å². The van der Waals surface area contributed by atoms with Gasteiger partial charge < -0.3 is 15.4 Å². The molecule has 2 saturated carbocycles. The van der Waals surface area contributed by atoms with Gasteiger partial charge in [0.25, 0.3) is 0 Å². The fourth-order valence-corrected chi connectivity index (χ4v) is 7.41. The van der Waals surface area contributed by atoms with E-state index < -0.39 is 79.8 Å². The summed E-state index contributed by atoms with van der Waals surface area (Å²) in [6.07, 6.45) is -3.74. The minimum atomic E-state index is -4.87. The van der Waals surface area contributed by atoms with Crippen molar-refractivity contribution in [2.75, 3.05) is 6.54 Å². The third-order valence-corrected chi connectivity index (χ3v) is 11.3. The van der Waals surface area contributed by atoms with Gasteiger partial charge in [-0.3, -0.25) is 19.1 Å². The van der Waals surface area contributed by atoms with Gasteiger partial charge >= 0.3 is 6.18 Å². The molecule has 3 fully saturated rings. The molecule has 5 atom stereocenters. The summed E-state index contributed by atoms with van der Waals surface area (Å²) in [5, 5.41) is -0.414. The maximum absolute atomic E-state index is 14.0. The maximum atomic E-state index is 14.0. The minimum Gasteiger partial charge on any atom is -0.472 e. The van der Waals surface area contributed by atoms with Gasteiger partial charge in [0.2, 0.25) is 33.5 Å². The van der Waals surface area contributed by atoms with Gasteiger partial charge in [-0.1, -0.05) is 26.8 Å². The molecule has 1 unspecified atom stereocenters. The lowest BCUT2D eigenvalue weighted by atomic mass is 9.86. The summed E-state index contributed by atoms with van der Waals surface area (Å²) in [7, 11) is -3.89. The molecule has 0 radical (unpaired) electrons. The van der Waals surface area contributed by atoms with Crippen LogP contribution in [0.5, 0.6) is 5.88 Å². The number of benzene rings is 1. The summed E-state index contributed by atoms with van der Waals surface area (Å²) in [5.41, 5.74) is 5.76. The number of Topliss-reactive ketones (excluding diaryl/α,β-unsaturated/α-hetero) is 1. The number of sulfonamides is 1. The first-order valence-electron chi connectivity index (χ1n) is 15.5. The number of aromatic nitrogens is 2. The number of alkyl halides is 3. The van der Waals surface area contributed by atoms with Crippen molar-refractivity contribution < 1.29 is 40.7 Å². The zero-order valence-electron chi connectivity index (χ0n) is 27.0. The van der Waals surface area contributed by atoms with Crippen LogP contribution in [-0.4, -0.2) is 70.9 Å². The zero-order valence-corrected chi connectivity index (χ0v) is 27.8. The normalized spacial score (nSPS) is 25.4. The van der Waals surface area contributed by atoms with Crippen LogP contribution in [0.25, 0.3) is 10.9 Å². The molecule has 5 rings (SSSR count). The molecule has 2 heterocycles. The van der Waals surface area contributed by atoms with E-state index in [1.807, 2.05) is 0 Å². The molecule has 1 saturated heterocycles. The number of ketones is 1. The van der Waals surface area contributed by atoms with Crippen LogP contribution in [0.2, 0.25) is 0 Å². The van der Waals surface area contributed by atoms with Crippen molar-refractivity contribution in [1.82, 2.24) is 19.6 Å². The lowest BCUT2D eigenvalue weighted by Gasteiger charge is -2.32. The van der Waals surface area contributed by atoms with Gasteiger partial charge in [-0.15, -0.1) is 6.58 Å². The molecule has 15 heteroatoms. The Kier molecular flexibility index (Phi) is 8.74. The van der Waals surface area contributed by atoms with Crippen LogP contribution in [0.4, 0.5) is 13.2 Å². The highest BCUT2D eigenvalue weighted by molar-refractivity contribution is 7.90. The van der Waals surface area contributed by atoms with Gasteiger partial charge in [0, 0.05) is 12.8 Å². The van der Waals surface area contributed by atoms with Crippen molar-refractivity contribution in [1.29, 1.82) is 0 Å². The predicted molar refractivity (Wildman–Crippen MR) is 166 cm³/mol. The number of amides is 2. The number of likely N-dealkylation sites (tertiary alicyclic amines) is 1. The standard InChI is InChI=1S/C32H40F3N5O6S/c1-7-18-13-31(18,29(43)39-47(44,45)20-8-9-20)14-24(41)23-12-19(15-40(23)27(42)25(36)30(4,5)6)46-26-21-10-16(2)17(3)11-22(21)37-28(38-26)32(33,34)35/h7,10-11,18-20,23,25H,1,8-9,12-15,36H2,2-6H3,(H,39,43)/t18-,19-,23?,25-,31-/m1/s1. The SMILES string of the molecule is C=C[C@@H]1C[C@]1(CC(=O)C1C[C@@H](Oc2nc(C(F)(F)F)nc3cc(C)c(C)cc23)CN1C(=O)[C@@H](N)C(C)(C)C)C(=O)NS(=O)(=O)C1CC1. The fourth-order valence-electron chi connectivity index (χ4n) is 6.02. The first kappa shape index (κ1) is 34.7. The summed E-state index contributed by atoms with van der Waals surface area (Å²) < 4.78 is 74.7. The van der Waals surface area contributed by atoms with Crippen LogP contribution in [0.15, 0.2) is 24.8 Å². The Bertz CT molecular complexity index is 1750. The highest BCUT2D eigenvalue weighted by Gasteiger charge is 2.61. The van der Waals surface area contributed by atoms with Crippen LogP contribution in [0, 0.1) is 30.6 Å². The van der Waals surface area contributed by atoms with Crippen molar-refractivity contribution in [3.05, 3.63) is 41.7 Å². The van der Waals surface area contributed by atoms with Crippen LogP contribution in [0.1, 0.15) is 69.8 Å². The molecule has 256 valence electrons. The number of fused-ring (bicyclic) bond motifs is 1. The lowest BCUT2D eigenvalue weighted by Crippen LogP contribution is -2.53. The molecule has 47 heavy (non-hydrogen) atoms. The molecule has 3 N–H and O–H groups in total. The van der Waals surface area contributed by atoms with E-state index in [9.17, 15) is 36.0 Å². The average Bonchev–Trinajstić information content (AvgIpc) is 3.89. The van der Waals surface area contributed by atoms with Crippen LogP contribution >= 0.6 is 0 Å². The van der Waals surface area contributed by atoms with Gasteiger partial charge in [0.15, 0.2) is 5.78 Å². The average molecular weight is 680 g/mol. The van der Waals surface area contributed by atoms with Gasteiger partial charge in [-0.25, -0.2) is 13.4 Å². The second-order valence-electron chi connectivity index (χ2n) is 14.2. The number of ether oxygens (including phenoxy) is 1. The number of nitrogens with two attached hydrogens (primary N) is 1. The van der Waals surface area contributed by atoms with Crippen molar-refractivity contribution in [2.45, 2.75) is 96.3 Å². The molecule has 3 aliphatic rings. The first-order chi connectivity index (χ1) is 21.7. The number of hydrogen-bond donors (Lipinski definition) is 2. The maximum Gasteiger partial charge on any atom is 0.451 e. The number of carbonyl (C=O) groups is 3. The number of halogens is 3. The first-order valence-corrected chi connectivity index (χ1v) is 17.0. The minimum absolute atomic E-state index is 0.0250. The molecule has 1 aromatic heterocycles. The monoisotopic (exact) mass is 679 g/mol. The van der Waals surface area contributed by atoms with Crippen LogP contribution in [0.3, 0.4) is 0 Å². The summed E-state index contributed by atoms with van der Waals surface area (Å²) in [6.45, 7) is 12.3. The van der Waals surface area contributed by atoms with Crippen molar-refractivity contribution in [3.63, 3.8) is 0 Å². The van der Waals surface area contributed by atoms with Gasteiger partial charge in [0.05, 0.1) is 40.2 Å². The zero-order chi connectivity index (χ0) is 34.9. The van der Waals surface area contributed by atoms with Crippen molar-refractivity contribution in [3.8, 4) is 5.88 Å². The number of rotatable bonds is 10. The highest BCUT2D eigenvalue weighted by Crippen LogP contribution is 2.57. The highest BCUT2D eigenvalue weighted by atomic mass is 32.2. The Hall–Kier alpha value is -3.59. The van der Waals surface area contributed by atoms with E-state index in [-0.39, 0.29) is 42.6 Å². The third-order valence-electron chi connectivity index (χ3n) is 9.48. The number of nitrogens with zero attached hydrogens (tertiary/aromatic N) is 3. The summed E-state index contributed by atoms with van der Waals surface area (Å²) in [4.78, 5) is 49.7. The van der Waals surface area contributed by atoms with Crippen molar-refractivity contribution >= 4 is 38.5 Å². The molecule has 2 aliphatic carbocycles. The number of aryl methyl sites for hydroxylation is 2. The summed E-state index contributed by atoms with van der Waals surface area (Å²) in [5.74, 6) is -4.08. The smallest absolute Gasteiger partial charge is 0.451 e. The van der Waals surface area contributed by atoms with Crippen molar-refractivity contribution in [2.24, 2.45) is 22.5 Å². The fraction of sp³-hybridized carbons (Fsp3) is 0.594. The second kappa shape index (κ2) is 11.8. The second-order valence-corrected chi connectivity index (χ2v) is 16.1. The van der Waals surface area contributed by atoms with Crippen LogP contribution < -0.4 is 15.2 Å². The summed E-state index contributed by atoms with van der Waals surface area (Å²) in [6, 6.07) is 0.946. The molecule has 0 bridgehead atoms. The molecule has 2 aromatic rings. The molecular formula is C32H40F3N5O6S. The van der Waals surface area contributed by atoms with E-state index in [0.29, 0.717) is 12.8 Å². The molecule has 2 amide bonds. The number of nitrogens with one attached hydrogen (secondary N) is 1. The Morgan fingerprint density at radius 2 is 1.81 bits per heavy atom. The summed E-state index contributed by atoms with van der Waals surface area (Å²) >= 11 is 0. The molecule has 1 aliphatic heterocycles. The molecule has 11 nitrogen and oxygen atoms in total. The number of allylic oxidation sites excluding steroid dienone is 1. The third kappa shape index (κ3) is 6.87. The lowest BCUT2D eigenvalue weighted by molar-refractivity contribution is -0.145. The number of carbonyl (C=O) groups excluding carboxylic acids is 3. The number of hydrogen-bond acceptors (Lipinski definition) is 9. The molecule has 1 aromatic carbocycles. The van der Waals surface area contributed by atoms with Crippen LogP contribution in [-0.2, 0) is 30.6 Å². The van der Waals surface area contributed by atoms with E-state index in [4.69, 9.17) is 10.5 Å². The Morgan fingerprint density at radius 1 is 1.17 bits per heavy atom. The van der Waals surface area contributed by atoms with Gasteiger partial charge in [-0.2, -0.15) is 18.2 Å². The van der Waals surface area contributed by atoms with E-state index in [1.165, 1.54) is 17.0 Å². The van der Waals surface area contributed by atoms with E-state index in [2.05, 4.69) is 21.3 Å². The Balaban J connectivity index is 1.46. The quantitative estimate of drug-likeness (QED) is 0.357. The van der Waals surface area contributed by atoms with E-state index in [1.54, 1.807) is 40.7 Å². The Morgan fingerprint density at radius 3 is 2.36 bits per heavy atom. The predicted octanol–water partition coefficient (Wildman–Crippen LogP) is 3.75. The molecular weight excluding hydrogens is 639 g/mol. The Labute approximate surface area is 271 Å². The largest absolute Gasteiger partial charge is 0.472 e. The van der Waals surface area contributed by atoms with E-state index >= 15 is 0 Å².